The first-order chi connectivity index (χ1) is 9.26. The molecule has 0 aromatic heterocycles. The van der Waals surface area contributed by atoms with Crippen LogP contribution in [-0.2, 0) is 6.54 Å². The Balaban J connectivity index is 2.31. The summed E-state index contributed by atoms with van der Waals surface area (Å²) in [5.74, 6) is 3.43. The van der Waals surface area contributed by atoms with Crippen molar-refractivity contribution in [2.45, 2.75) is 46.2 Å². The van der Waals surface area contributed by atoms with Crippen molar-refractivity contribution in [3.05, 3.63) is 29.8 Å². The van der Waals surface area contributed by atoms with E-state index in [1.54, 1.807) is 0 Å². The van der Waals surface area contributed by atoms with Crippen molar-refractivity contribution in [3.8, 4) is 5.75 Å². The van der Waals surface area contributed by atoms with Crippen LogP contribution in [0.2, 0.25) is 0 Å². The van der Waals surface area contributed by atoms with Gasteiger partial charge in [0.1, 0.15) is 5.75 Å². The zero-order valence-electron chi connectivity index (χ0n) is 12.4. The maximum atomic E-state index is 5.65. The van der Waals surface area contributed by atoms with Gasteiger partial charge in [-0.1, -0.05) is 26.0 Å². The Hall–Kier alpha value is -0.670. The lowest BCUT2D eigenvalue weighted by molar-refractivity contribution is 0.317. The van der Waals surface area contributed by atoms with Crippen LogP contribution in [0.5, 0.6) is 5.75 Å². The molecule has 0 bridgehead atoms. The summed E-state index contributed by atoms with van der Waals surface area (Å²) in [6.07, 6.45) is 2.28. The summed E-state index contributed by atoms with van der Waals surface area (Å²) in [6, 6.07) is 8.95. The zero-order valence-corrected chi connectivity index (χ0v) is 13.3. The van der Waals surface area contributed by atoms with Gasteiger partial charge in [-0.15, -0.1) is 0 Å². The van der Waals surface area contributed by atoms with E-state index >= 15 is 0 Å². The third kappa shape index (κ3) is 7.48. The van der Waals surface area contributed by atoms with Gasteiger partial charge in [0.25, 0.3) is 0 Å². The van der Waals surface area contributed by atoms with E-state index in [-0.39, 0.29) is 0 Å². The fraction of sp³-hybridized carbons (Fsp3) is 0.625. The molecule has 3 heteroatoms. The summed E-state index contributed by atoms with van der Waals surface area (Å²) in [4.78, 5) is 0. The van der Waals surface area contributed by atoms with Crippen LogP contribution < -0.4 is 10.1 Å². The third-order valence-corrected chi connectivity index (χ3v) is 3.86. The molecule has 1 rings (SSSR count). The molecule has 0 aliphatic rings. The molecule has 0 aliphatic heterocycles. The summed E-state index contributed by atoms with van der Waals surface area (Å²) in [5.41, 5.74) is 1.29. The number of rotatable bonds is 10. The van der Waals surface area contributed by atoms with Gasteiger partial charge in [-0.25, -0.2) is 0 Å². The second kappa shape index (κ2) is 10.2. The Bertz CT molecular complexity index is 343. The van der Waals surface area contributed by atoms with Crippen LogP contribution in [0.4, 0.5) is 0 Å². The number of ether oxygens (including phenoxy) is 1. The second-order valence-corrected chi connectivity index (χ2v) is 6.16. The largest absolute Gasteiger partial charge is 0.494 e. The van der Waals surface area contributed by atoms with Crippen LogP contribution in [0.1, 0.15) is 39.2 Å². The van der Waals surface area contributed by atoms with Crippen LogP contribution in [0.3, 0.4) is 0 Å². The van der Waals surface area contributed by atoms with E-state index in [0.29, 0.717) is 6.04 Å². The van der Waals surface area contributed by atoms with Crippen LogP contribution in [0.25, 0.3) is 0 Å². The molecule has 0 radical (unpaired) electrons. The summed E-state index contributed by atoms with van der Waals surface area (Å²) in [7, 11) is 0. The number of benzene rings is 1. The molecular formula is C16H27NOS. The minimum atomic E-state index is 0.569. The zero-order chi connectivity index (χ0) is 13.9. The van der Waals surface area contributed by atoms with E-state index in [2.05, 4.69) is 44.3 Å². The molecule has 0 heterocycles. The summed E-state index contributed by atoms with van der Waals surface area (Å²) in [5, 5.41) is 3.57. The van der Waals surface area contributed by atoms with Gasteiger partial charge >= 0.3 is 0 Å². The van der Waals surface area contributed by atoms with Crippen molar-refractivity contribution >= 4 is 11.8 Å². The lowest BCUT2D eigenvalue weighted by atomic mass is 10.2. The highest BCUT2D eigenvalue weighted by atomic mass is 32.2. The summed E-state index contributed by atoms with van der Waals surface area (Å²) in [6.45, 7) is 8.31. The lowest BCUT2D eigenvalue weighted by Gasteiger charge is -2.14. The Morgan fingerprint density at radius 1 is 1.32 bits per heavy atom. The molecule has 1 aromatic carbocycles. The van der Waals surface area contributed by atoms with E-state index in [0.717, 1.165) is 25.3 Å². The number of nitrogens with one attached hydrogen (secondary N) is 1. The van der Waals surface area contributed by atoms with Gasteiger partial charge in [0.15, 0.2) is 0 Å². The first-order valence-electron chi connectivity index (χ1n) is 7.29. The lowest BCUT2D eigenvalue weighted by Crippen LogP contribution is -2.26. The van der Waals surface area contributed by atoms with E-state index in [1.165, 1.54) is 23.5 Å². The van der Waals surface area contributed by atoms with E-state index in [1.807, 2.05) is 17.8 Å². The minimum absolute atomic E-state index is 0.569. The Labute approximate surface area is 122 Å². The molecule has 0 fully saturated rings. The Morgan fingerprint density at radius 2 is 2.16 bits per heavy atom. The molecule has 1 atom stereocenters. The van der Waals surface area contributed by atoms with Crippen molar-refractivity contribution in [2.75, 3.05) is 18.1 Å². The topological polar surface area (TPSA) is 21.3 Å². The number of thioether (sulfide) groups is 1. The summed E-state index contributed by atoms with van der Waals surface area (Å²) >= 11 is 2.01. The Morgan fingerprint density at radius 3 is 2.89 bits per heavy atom. The minimum Gasteiger partial charge on any atom is -0.494 e. The van der Waals surface area contributed by atoms with Gasteiger partial charge in [-0.3, -0.25) is 0 Å². The molecule has 1 aromatic rings. The van der Waals surface area contributed by atoms with Crippen molar-refractivity contribution in [2.24, 2.45) is 0 Å². The van der Waals surface area contributed by atoms with Gasteiger partial charge in [0.05, 0.1) is 6.61 Å². The van der Waals surface area contributed by atoms with Crippen LogP contribution >= 0.6 is 11.8 Å². The maximum absolute atomic E-state index is 5.65. The number of hydrogen-bond donors (Lipinski definition) is 1. The average molecular weight is 281 g/mol. The molecule has 2 nitrogen and oxygen atoms in total. The molecule has 0 spiro atoms. The third-order valence-electron chi connectivity index (χ3n) is 2.93. The monoisotopic (exact) mass is 281 g/mol. The molecule has 0 saturated carbocycles. The molecule has 1 N–H and O–H groups in total. The normalized spacial score (nSPS) is 12.4. The molecule has 108 valence electrons. The Kier molecular flexibility index (Phi) is 8.76. The summed E-state index contributed by atoms with van der Waals surface area (Å²) < 4.78 is 5.65. The van der Waals surface area contributed by atoms with E-state index < -0.39 is 0 Å². The van der Waals surface area contributed by atoms with Crippen molar-refractivity contribution in [1.29, 1.82) is 0 Å². The predicted molar refractivity (Wildman–Crippen MR) is 86.1 cm³/mol. The first kappa shape index (κ1) is 16.4. The SMILES string of the molecule is CCCOc1cccc(CNC(C)CCSCC)c1. The van der Waals surface area contributed by atoms with Crippen LogP contribution in [-0.4, -0.2) is 24.2 Å². The quantitative estimate of drug-likeness (QED) is 0.653. The van der Waals surface area contributed by atoms with Crippen molar-refractivity contribution < 1.29 is 4.74 Å². The predicted octanol–water partition coefficient (Wildman–Crippen LogP) is 4.10. The molecule has 0 saturated heterocycles. The smallest absolute Gasteiger partial charge is 0.119 e. The fourth-order valence-corrected chi connectivity index (χ4v) is 2.57. The first-order valence-corrected chi connectivity index (χ1v) is 8.44. The highest BCUT2D eigenvalue weighted by Gasteiger charge is 2.02. The van der Waals surface area contributed by atoms with Crippen molar-refractivity contribution in [3.63, 3.8) is 0 Å². The van der Waals surface area contributed by atoms with Gasteiger partial charge in [0, 0.05) is 12.6 Å². The van der Waals surface area contributed by atoms with E-state index in [9.17, 15) is 0 Å². The highest BCUT2D eigenvalue weighted by Crippen LogP contribution is 2.14. The van der Waals surface area contributed by atoms with Gasteiger partial charge in [0.2, 0.25) is 0 Å². The molecule has 1 unspecified atom stereocenters. The number of hydrogen-bond acceptors (Lipinski definition) is 3. The molecule has 19 heavy (non-hydrogen) atoms. The maximum Gasteiger partial charge on any atom is 0.119 e. The van der Waals surface area contributed by atoms with Gasteiger partial charge < -0.3 is 10.1 Å². The second-order valence-electron chi connectivity index (χ2n) is 4.76. The average Bonchev–Trinajstić information content (AvgIpc) is 2.44. The van der Waals surface area contributed by atoms with Crippen LogP contribution in [0.15, 0.2) is 24.3 Å². The fourth-order valence-electron chi connectivity index (χ4n) is 1.76. The molecule has 0 aliphatic carbocycles. The molecule has 0 amide bonds. The molecular weight excluding hydrogens is 254 g/mol. The van der Waals surface area contributed by atoms with Gasteiger partial charge in [-0.05, 0) is 49.0 Å². The standard InChI is InChI=1S/C16H27NOS/c1-4-10-18-16-8-6-7-15(12-16)13-17-14(3)9-11-19-5-2/h6-8,12,14,17H,4-5,9-11,13H2,1-3H3. The van der Waals surface area contributed by atoms with Crippen molar-refractivity contribution in [1.82, 2.24) is 5.32 Å². The van der Waals surface area contributed by atoms with Crippen LogP contribution in [0, 0.1) is 0 Å². The van der Waals surface area contributed by atoms with Gasteiger partial charge in [-0.2, -0.15) is 11.8 Å². The highest BCUT2D eigenvalue weighted by molar-refractivity contribution is 7.99. The van der Waals surface area contributed by atoms with E-state index in [4.69, 9.17) is 4.74 Å².